The van der Waals surface area contributed by atoms with Crippen LogP contribution in [0.2, 0.25) is 0 Å². The van der Waals surface area contributed by atoms with E-state index in [1.54, 1.807) is 17.0 Å². The standard InChI is InChI=1S/C22H23FN2O3.ClH/c23-16-2-4-17(5-3-16)25(13-15-1-6-19-20(11-15)28-14-27-19)21(26)18-12-22(18)7-9-24-10-8-22;/h1-6,11,18,24H,7-10,12-14H2;1H. The van der Waals surface area contributed by atoms with E-state index < -0.39 is 0 Å². The van der Waals surface area contributed by atoms with Crippen LogP contribution in [0.4, 0.5) is 10.1 Å². The summed E-state index contributed by atoms with van der Waals surface area (Å²) in [5.74, 6) is 1.30. The molecule has 5 nitrogen and oxygen atoms in total. The van der Waals surface area contributed by atoms with Gasteiger partial charge in [-0.15, -0.1) is 12.4 Å². The molecule has 3 aliphatic rings. The number of anilines is 1. The molecule has 154 valence electrons. The van der Waals surface area contributed by atoms with Crippen molar-refractivity contribution in [3.63, 3.8) is 0 Å². The summed E-state index contributed by atoms with van der Waals surface area (Å²) in [6.07, 6.45) is 3.04. The van der Waals surface area contributed by atoms with Crippen LogP contribution >= 0.6 is 12.4 Å². The fraction of sp³-hybridized carbons (Fsp3) is 0.409. The van der Waals surface area contributed by atoms with E-state index in [1.165, 1.54) is 12.1 Å². The molecule has 2 fully saturated rings. The number of fused-ring (bicyclic) bond motifs is 1. The average molecular weight is 419 g/mol. The number of benzene rings is 2. The topological polar surface area (TPSA) is 50.8 Å². The molecule has 2 aliphatic heterocycles. The number of rotatable bonds is 4. The molecule has 1 amide bonds. The first-order chi connectivity index (χ1) is 13.6. The predicted molar refractivity (Wildman–Crippen MR) is 110 cm³/mol. The molecule has 0 radical (unpaired) electrons. The van der Waals surface area contributed by atoms with Gasteiger partial charge in [-0.3, -0.25) is 4.79 Å². The summed E-state index contributed by atoms with van der Waals surface area (Å²) in [4.78, 5) is 15.2. The summed E-state index contributed by atoms with van der Waals surface area (Å²) < 4.78 is 24.3. The number of hydrogen-bond acceptors (Lipinski definition) is 4. The molecule has 29 heavy (non-hydrogen) atoms. The van der Waals surface area contributed by atoms with Gasteiger partial charge in [0.05, 0.1) is 6.54 Å². The summed E-state index contributed by atoms with van der Waals surface area (Å²) >= 11 is 0. The Balaban J connectivity index is 0.00000205. The van der Waals surface area contributed by atoms with E-state index in [0.717, 1.165) is 49.4 Å². The van der Waals surface area contributed by atoms with Gasteiger partial charge in [-0.25, -0.2) is 4.39 Å². The van der Waals surface area contributed by atoms with Crippen LogP contribution < -0.4 is 19.7 Å². The Morgan fingerprint density at radius 1 is 1.10 bits per heavy atom. The van der Waals surface area contributed by atoms with Crippen molar-refractivity contribution >= 4 is 24.0 Å². The summed E-state index contributed by atoms with van der Waals surface area (Å²) in [6.45, 7) is 2.59. The summed E-state index contributed by atoms with van der Waals surface area (Å²) in [6, 6.07) is 11.9. The number of ether oxygens (including phenoxy) is 2. The molecule has 5 rings (SSSR count). The molecule has 0 bridgehead atoms. The third-order valence-corrected chi connectivity index (χ3v) is 6.27. The lowest BCUT2D eigenvalue weighted by Crippen LogP contribution is -2.36. The predicted octanol–water partition coefficient (Wildman–Crippen LogP) is 3.90. The van der Waals surface area contributed by atoms with Crippen molar-refractivity contribution in [3.8, 4) is 11.5 Å². The molecular weight excluding hydrogens is 395 g/mol. The summed E-state index contributed by atoms with van der Waals surface area (Å²) in [7, 11) is 0. The van der Waals surface area contributed by atoms with Gasteiger partial charge in [-0.2, -0.15) is 0 Å². The van der Waals surface area contributed by atoms with Crippen LogP contribution in [0.1, 0.15) is 24.8 Å². The minimum Gasteiger partial charge on any atom is -0.454 e. The molecule has 1 saturated heterocycles. The van der Waals surface area contributed by atoms with Gasteiger partial charge in [0.1, 0.15) is 5.82 Å². The number of carbonyl (C=O) groups is 1. The molecule has 1 atom stereocenters. The van der Waals surface area contributed by atoms with Gasteiger partial charge in [-0.05, 0) is 79.7 Å². The fourth-order valence-corrected chi connectivity index (χ4v) is 4.50. The van der Waals surface area contributed by atoms with Crippen molar-refractivity contribution in [3.05, 3.63) is 53.8 Å². The zero-order chi connectivity index (χ0) is 19.1. The van der Waals surface area contributed by atoms with Crippen LogP contribution in [-0.2, 0) is 11.3 Å². The number of hydrogen-bond donors (Lipinski definition) is 1. The normalized spacial score (nSPS) is 20.8. The maximum absolute atomic E-state index is 13.5. The Kier molecular flexibility index (Phi) is 5.40. The Morgan fingerprint density at radius 2 is 1.83 bits per heavy atom. The maximum atomic E-state index is 13.5. The first-order valence-corrected chi connectivity index (χ1v) is 9.81. The fourth-order valence-electron chi connectivity index (χ4n) is 4.50. The zero-order valence-corrected chi connectivity index (χ0v) is 16.8. The van der Waals surface area contributed by atoms with Gasteiger partial charge in [0.15, 0.2) is 11.5 Å². The smallest absolute Gasteiger partial charge is 0.231 e. The lowest BCUT2D eigenvalue weighted by molar-refractivity contribution is -0.120. The van der Waals surface area contributed by atoms with Gasteiger partial charge in [0.25, 0.3) is 0 Å². The second-order valence-corrected chi connectivity index (χ2v) is 7.96. The van der Waals surface area contributed by atoms with E-state index in [-0.39, 0.29) is 42.3 Å². The Hall–Kier alpha value is -2.31. The van der Waals surface area contributed by atoms with E-state index in [1.807, 2.05) is 18.2 Å². The quantitative estimate of drug-likeness (QED) is 0.818. The van der Waals surface area contributed by atoms with Crippen molar-refractivity contribution in [1.29, 1.82) is 0 Å². The molecule has 2 aromatic rings. The van der Waals surface area contributed by atoms with Crippen LogP contribution in [-0.4, -0.2) is 25.8 Å². The molecule has 2 aromatic carbocycles. The van der Waals surface area contributed by atoms with Gasteiger partial charge >= 0.3 is 0 Å². The lowest BCUT2D eigenvalue weighted by atomic mass is 9.91. The number of carbonyl (C=O) groups excluding carboxylic acids is 1. The molecule has 1 aliphatic carbocycles. The highest BCUT2D eigenvalue weighted by molar-refractivity contribution is 5.97. The van der Waals surface area contributed by atoms with E-state index in [4.69, 9.17) is 9.47 Å². The van der Waals surface area contributed by atoms with Crippen LogP contribution in [0, 0.1) is 17.2 Å². The lowest BCUT2D eigenvalue weighted by Gasteiger charge is -2.27. The number of amides is 1. The Morgan fingerprint density at radius 3 is 2.59 bits per heavy atom. The van der Waals surface area contributed by atoms with Gasteiger partial charge in [-0.1, -0.05) is 6.07 Å². The first kappa shape index (κ1) is 20.0. The van der Waals surface area contributed by atoms with Crippen LogP contribution in [0.25, 0.3) is 0 Å². The van der Waals surface area contributed by atoms with E-state index in [0.29, 0.717) is 12.3 Å². The van der Waals surface area contributed by atoms with E-state index in [2.05, 4.69) is 5.32 Å². The summed E-state index contributed by atoms with van der Waals surface area (Å²) in [5, 5.41) is 3.38. The van der Waals surface area contributed by atoms with Gasteiger partial charge in [0.2, 0.25) is 12.7 Å². The number of nitrogens with zero attached hydrogens (tertiary/aromatic N) is 1. The number of halogens is 2. The van der Waals surface area contributed by atoms with Crippen molar-refractivity contribution in [2.75, 3.05) is 24.8 Å². The Labute approximate surface area is 175 Å². The summed E-state index contributed by atoms with van der Waals surface area (Å²) in [5.41, 5.74) is 1.83. The van der Waals surface area contributed by atoms with Crippen LogP contribution in [0.3, 0.4) is 0 Å². The highest BCUT2D eigenvalue weighted by Crippen LogP contribution is 2.59. The van der Waals surface area contributed by atoms with Crippen molar-refractivity contribution in [2.24, 2.45) is 11.3 Å². The largest absolute Gasteiger partial charge is 0.454 e. The minimum atomic E-state index is -0.305. The highest BCUT2D eigenvalue weighted by Gasteiger charge is 2.58. The first-order valence-electron chi connectivity index (χ1n) is 9.81. The highest BCUT2D eigenvalue weighted by atomic mass is 35.5. The molecule has 7 heteroatoms. The third kappa shape index (κ3) is 3.79. The molecular formula is C22H24ClFN2O3. The maximum Gasteiger partial charge on any atom is 0.231 e. The average Bonchev–Trinajstić information content (AvgIpc) is 3.19. The SMILES string of the molecule is Cl.O=C(C1CC12CCNCC2)N(Cc1ccc2c(c1)OCO2)c1ccc(F)cc1. The van der Waals surface area contributed by atoms with Crippen molar-refractivity contribution in [1.82, 2.24) is 5.32 Å². The van der Waals surface area contributed by atoms with Crippen molar-refractivity contribution < 1.29 is 18.7 Å². The molecule has 1 saturated carbocycles. The third-order valence-electron chi connectivity index (χ3n) is 6.27. The molecule has 1 spiro atoms. The van der Waals surface area contributed by atoms with Gasteiger partial charge < -0.3 is 19.7 Å². The monoisotopic (exact) mass is 418 g/mol. The van der Waals surface area contributed by atoms with Crippen LogP contribution in [0.5, 0.6) is 11.5 Å². The van der Waals surface area contributed by atoms with Gasteiger partial charge in [0, 0.05) is 11.6 Å². The minimum absolute atomic E-state index is 0. The number of piperidine rings is 1. The van der Waals surface area contributed by atoms with Crippen LogP contribution in [0.15, 0.2) is 42.5 Å². The van der Waals surface area contributed by atoms with E-state index >= 15 is 0 Å². The van der Waals surface area contributed by atoms with E-state index in [9.17, 15) is 9.18 Å². The molecule has 1 N–H and O–H groups in total. The van der Waals surface area contributed by atoms with Crippen molar-refractivity contribution in [2.45, 2.75) is 25.8 Å². The second-order valence-electron chi connectivity index (χ2n) is 7.96. The molecule has 2 heterocycles. The Bertz CT molecular complexity index is 899. The molecule has 1 unspecified atom stereocenters. The molecule has 0 aromatic heterocycles. The second kappa shape index (κ2) is 7.84. The number of nitrogens with one attached hydrogen (secondary N) is 1. The zero-order valence-electron chi connectivity index (χ0n) is 16.0.